The summed E-state index contributed by atoms with van der Waals surface area (Å²) in [4.78, 5) is 0. The first-order valence-corrected chi connectivity index (χ1v) is 9.97. The van der Waals surface area contributed by atoms with Gasteiger partial charge >= 0.3 is 0 Å². The van der Waals surface area contributed by atoms with Gasteiger partial charge in [-0.1, -0.05) is 64.2 Å². The van der Waals surface area contributed by atoms with Crippen LogP contribution < -0.4 is 0 Å². The second-order valence-electron chi connectivity index (χ2n) is 8.40. The molecular weight excluding hydrogens is 256 g/mol. The average Bonchev–Trinajstić information content (AvgIpc) is 2.57. The summed E-state index contributed by atoms with van der Waals surface area (Å²) >= 11 is 0. The van der Waals surface area contributed by atoms with E-state index >= 15 is 0 Å². The highest BCUT2D eigenvalue weighted by Gasteiger charge is 2.31. The summed E-state index contributed by atoms with van der Waals surface area (Å²) in [7, 11) is 0. The Morgan fingerprint density at radius 3 is 1.81 bits per heavy atom. The first-order valence-electron chi connectivity index (χ1n) is 9.97. The quantitative estimate of drug-likeness (QED) is 0.719. The van der Waals surface area contributed by atoms with E-state index in [0.717, 1.165) is 23.7 Å². The molecule has 2 atom stereocenters. The molecule has 1 N–H and O–H groups in total. The van der Waals surface area contributed by atoms with Crippen molar-refractivity contribution in [3.05, 3.63) is 0 Å². The Kier molecular flexibility index (Phi) is 6.03. The van der Waals surface area contributed by atoms with Crippen molar-refractivity contribution >= 4 is 0 Å². The zero-order valence-corrected chi connectivity index (χ0v) is 13.9. The molecule has 0 saturated heterocycles. The lowest BCUT2D eigenvalue weighted by atomic mass is 9.67. The zero-order valence-electron chi connectivity index (χ0n) is 13.9. The smallest absolute Gasteiger partial charge is 0.0461 e. The topological polar surface area (TPSA) is 20.2 Å². The molecule has 21 heavy (non-hydrogen) atoms. The van der Waals surface area contributed by atoms with Crippen molar-refractivity contribution in [1.82, 2.24) is 0 Å². The third-order valence-corrected chi connectivity index (χ3v) is 7.14. The third-order valence-electron chi connectivity index (χ3n) is 7.14. The Bertz CT molecular complexity index is 286. The highest BCUT2D eigenvalue weighted by Crippen LogP contribution is 2.43. The predicted molar refractivity (Wildman–Crippen MR) is 89.2 cm³/mol. The standard InChI is InChI=1S/C20H36O/c21-15-20-9-5-4-8-19(20)14-16-10-12-18(13-11-16)17-6-2-1-3-7-17/h16-21H,1-15H2. The Morgan fingerprint density at radius 2 is 1.14 bits per heavy atom. The first kappa shape index (κ1) is 15.8. The number of aliphatic hydroxyl groups is 1. The molecule has 0 aromatic carbocycles. The highest BCUT2D eigenvalue weighted by atomic mass is 16.3. The number of aliphatic hydroxyl groups excluding tert-OH is 1. The highest BCUT2D eigenvalue weighted by molar-refractivity contribution is 4.83. The van der Waals surface area contributed by atoms with E-state index in [0.29, 0.717) is 12.5 Å². The fraction of sp³-hybridized carbons (Fsp3) is 1.00. The summed E-state index contributed by atoms with van der Waals surface area (Å²) in [6, 6.07) is 0. The molecule has 0 aromatic heterocycles. The molecule has 1 heteroatoms. The molecule has 0 heterocycles. The van der Waals surface area contributed by atoms with Crippen molar-refractivity contribution in [3.8, 4) is 0 Å². The summed E-state index contributed by atoms with van der Waals surface area (Å²) in [5, 5.41) is 9.60. The summed E-state index contributed by atoms with van der Waals surface area (Å²) in [6.45, 7) is 0.447. The van der Waals surface area contributed by atoms with Crippen LogP contribution in [0.4, 0.5) is 0 Å². The lowest BCUT2D eigenvalue weighted by molar-refractivity contribution is 0.0969. The first-order chi connectivity index (χ1) is 10.4. The van der Waals surface area contributed by atoms with Crippen molar-refractivity contribution in [2.24, 2.45) is 29.6 Å². The van der Waals surface area contributed by atoms with E-state index in [1.165, 1.54) is 89.9 Å². The van der Waals surface area contributed by atoms with E-state index in [-0.39, 0.29) is 0 Å². The van der Waals surface area contributed by atoms with Gasteiger partial charge in [0, 0.05) is 6.61 Å². The average molecular weight is 293 g/mol. The fourth-order valence-corrected chi connectivity index (χ4v) is 5.76. The van der Waals surface area contributed by atoms with Crippen molar-refractivity contribution in [2.75, 3.05) is 6.61 Å². The molecule has 0 bridgehead atoms. The molecule has 0 spiro atoms. The predicted octanol–water partition coefficient (Wildman–Crippen LogP) is 5.56. The lowest BCUT2D eigenvalue weighted by Gasteiger charge is -2.38. The van der Waals surface area contributed by atoms with Crippen LogP contribution in [0, 0.1) is 29.6 Å². The minimum absolute atomic E-state index is 0.447. The van der Waals surface area contributed by atoms with Crippen LogP contribution in [0.1, 0.15) is 89.9 Å². The SMILES string of the molecule is OCC1CCCCC1CC1CCC(C2CCCCC2)CC1. The second-order valence-corrected chi connectivity index (χ2v) is 8.40. The van der Waals surface area contributed by atoms with Crippen LogP contribution in [0.25, 0.3) is 0 Å². The fourth-order valence-electron chi connectivity index (χ4n) is 5.76. The Balaban J connectivity index is 1.42. The van der Waals surface area contributed by atoms with E-state index in [1.807, 2.05) is 0 Å². The van der Waals surface area contributed by atoms with Crippen molar-refractivity contribution < 1.29 is 5.11 Å². The molecule has 0 amide bonds. The van der Waals surface area contributed by atoms with Gasteiger partial charge in [0.15, 0.2) is 0 Å². The molecule has 1 nitrogen and oxygen atoms in total. The molecule has 0 aromatic rings. The number of rotatable bonds is 4. The normalized spacial score (nSPS) is 39.3. The van der Waals surface area contributed by atoms with E-state index in [4.69, 9.17) is 0 Å². The molecule has 3 aliphatic carbocycles. The Morgan fingerprint density at radius 1 is 0.571 bits per heavy atom. The molecule has 0 radical (unpaired) electrons. The maximum absolute atomic E-state index is 9.60. The molecule has 3 saturated carbocycles. The van der Waals surface area contributed by atoms with Gasteiger partial charge in [-0.2, -0.15) is 0 Å². The molecule has 3 aliphatic rings. The van der Waals surface area contributed by atoms with Gasteiger partial charge in [0.2, 0.25) is 0 Å². The maximum Gasteiger partial charge on any atom is 0.0461 e. The minimum atomic E-state index is 0.447. The largest absolute Gasteiger partial charge is 0.396 e. The van der Waals surface area contributed by atoms with E-state index in [9.17, 15) is 5.11 Å². The van der Waals surface area contributed by atoms with Crippen LogP contribution in [0.15, 0.2) is 0 Å². The molecule has 2 unspecified atom stereocenters. The zero-order chi connectivity index (χ0) is 14.5. The number of hydrogen-bond acceptors (Lipinski definition) is 1. The molecular formula is C20H36O. The maximum atomic E-state index is 9.60. The summed E-state index contributed by atoms with van der Waals surface area (Å²) in [5.74, 6) is 4.62. The monoisotopic (exact) mass is 292 g/mol. The van der Waals surface area contributed by atoms with E-state index in [1.54, 1.807) is 0 Å². The summed E-state index contributed by atoms with van der Waals surface area (Å²) in [6.07, 6.45) is 20.5. The van der Waals surface area contributed by atoms with Crippen LogP contribution in [0.3, 0.4) is 0 Å². The summed E-state index contributed by atoms with van der Waals surface area (Å²) < 4.78 is 0. The second kappa shape index (κ2) is 7.99. The molecule has 0 aliphatic heterocycles. The van der Waals surface area contributed by atoms with Gasteiger partial charge in [0.25, 0.3) is 0 Å². The lowest BCUT2D eigenvalue weighted by Crippen LogP contribution is -2.28. The van der Waals surface area contributed by atoms with Crippen LogP contribution >= 0.6 is 0 Å². The van der Waals surface area contributed by atoms with Gasteiger partial charge in [-0.15, -0.1) is 0 Å². The van der Waals surface area contributed by atoms with Crippen molar-refractivity contribution in [1.29, 1.82) is 0 Å². The van der Waals surface area contributed by atoms with Gasteiger partial charge in [-0.3, -0.25) is 0 Å². The Hall–Kier alpha value is -0.0400. The van der Waals surface area contributed by atoms with E-state index < -0.39 is 0 Å². The van der Waals surface area contributed by atoms with Gasteiger partial charge in [-0.25, -0.2) is 0 Å². The van der Waals surface area contributed by atoms with Crippen molar-refractivity contribution in [3.63, 3.8) is 0 Å². The Labute approximate surface area is 131 Å². The van der Waals surface area contributed by atoms with Gasteiger partial charge < -0.3 is 5.11 Å². The van der Waals surface area contributed by atoms with Crippen LogP contribution in [-0.2, 0) is 0 Å². The third kappa shape index (κ3) is 4.24. The van der Waals surface area contributed by atoms with Gasteiger partial charge in [0.1, 0.15) is 0 Å². The van der Waals surface area contributed by atoms with Gasteiger partial charge in [-0.05, 0) is 55.3 Å². The van der Waals surface area contributed by atoms with Crippen LogP contribution in [0.2, 0.25) is 0 Å². The minimum Gasteiger partial charge on any atom is -0.396 e. The molecule has 3 fully saturated rings. The molecule has 3 rings (SSSR count). The van der Waals surface area contributed by atoms with Gasteiger partial charge in [0.05, 0.1) is 0 Å². The molecule has 122 valence electrons. The van der Waals surface area contributed by atoms with E-state index in [2.05, 4.69) is 0 Å². The van der Waals surface area contributed by atoms with Crippen LogP contribution in [-0.4, -0.2) is 11.7 Å². The van der Waals surface area contributed by atoms with Crippen LogP contribution in [0.5, 0.6) is 0 Å². The number of hydrogen-bond donors (Lipinski definition) is 1. The van der Waals surface area contributed by atoms with Crippen molar-refractivity contribution in [2.45, 2.75) is 89.9 Å². The summed E-state index contributed by atoms with van der Waals surface area (Å²) in [5.41, 5.74) is 0.